The summed E-state index contributed by atoms with van der Waals surface area (Å²) < 4.78 is 0. The number of carbonyl (C=O) groups excluding carboxylic acids is 1. The summed E-state index contributed by atoms with van der Waals surface area (Å²) in [4.78, 5) is 10.2. The minimum Gasteiger partial charge on any atom is -0.391 e. The second kappa shape index (κ2) is 3.06. The largest absolute Gasteiger partial charge is 0.391 e. The van der Waals surface area contributed by atoms with E-state index in [9.17, 15) is 4.79 Å². The second-order valence-electron chi connectivity index (χ2n) is 1.60. The highest BCUT2D eigenvalue weighted by atomic mass is 32.1. The predicted octanol–water partition coefficient (Wildman–Crippen LogP) is -0.849. The van der Waals surface area contributed by atoms with Crippen LogP contribution < -0.4 is 5.73 Å². The van der Waals surface area contributed by atoms with Crippen molar-refractivity contribution in [3.8, 4) is 0 Å². The van der Waals surface area contributed by atoms with Gasteiger partial charge in [0.1, 0.15) is 0 Å². The highest BCUT2D eigenvalue weighted by Gasteiger charge is 2.13. The molecule has 0 saturated carbocycles. The molecule has 0 fully saturated rings. The molecule has 0 amide bonds. The highest BCUT2D eigenvalue weighted by molar-refractivity contribution is 7.96. The number of nitrogens with two attached hydrogens (primary N) is 1. The van der Waals surface area contributed by atoms with Gasteiger partial charge in [0.15, 0.2) is 0 Å². The number of aliphatic hydroxyl groups excluding tert-OH is 1. The maximum Gasteiger partial charge on any atom is 0.205 e. The van der Waals surface area contributed by atoms with Crippen molar-refractivity contribution >= 4 is 17.7 Å². The van der Waals surface area contributed by atoms with Crippen molar-refractivity contribution in [2.24, 2.45) is 5.73 Å². The minimum atomic E-state index is -0.849. The molecule has 2 atom stereocenters. The molecule has 0 aromatic rings. The van der Waals surface area contributed by atoms with Crippen LogP contribution in [0.15, 0.2) is 0 Å². The third-order valence-corrected chi connectivity index (χ3v) is 1.10. The van der Waals surface area contributed by atoms with Crippen molar-refractivity contribution in [2.75, 3.05) is 0 Å². The van der Waals surface area contributed by atoms with Gasteiger partial charge in [-0.1, -0.05) is 0 Å². The summed E-state index contributed by atoms with van der Waals surface area (Å²) in [5, 5.41) is 8.11. The fourth-order valence-electron chi connectivity index (χ4n) is 0.206. The van der Waals surface area contributed by atoms with Crippen LogP contribution in [0, 0.1) is 0 Å². The molecule has 3 N–H and O–H groups in total. The van der Waals surface area contributed by atoms with E-state index in [0.717, 1.165) is 0 Å². The third-order valence-electron chi connectivity index (χ3n) is 0.805. The molecular formula is C4H9NO2S. The molecule has 0 spiro atoms. The maximum atomic E-state index is 10.2. The van der Waals surface area contributed by atoms with Gasteiger partial charge in [-0.05, 0) is 6.92 Å². The van der Waals surface area contributed by atoms with Gasteiger partial charge in [0.25, 0.3) is 0 Å². The van der Waals surface area contributed by atoms with E-state index in [1.165, 1.54) is 6.92 Å². The van der Waals surface area contributed by atoms with Gasteiger partial charge in [0, 0.05) is 0 Å². The second-order valence-corrected chi connectivity index (χ2v) is 2.05. The average Bonchev–Trinajstić information content (AvgIpc) is 1.64. The molecule has 0 heterocycles. The lowest BCUT2D eigenvalue weighted by Gasteiger charge is -2.07. The van der Waals surface area contributed by atoms with E-state index >= 15 is 0 Å². The zero-order chi connectivity index (χ0) is 6.73. The maximum absolute atomic E-state index is 10.2. The van der Waals surface area contributed by atoms with E-state index in [4.69, 9.17) is 10.8 Å². The van der Waals surface area contributed by atoms with E-state index < -0.39 is 17.3 Å². The molecule has 0 rings (SSSR count). The Morgan fingerprint density at radius 2 is 2.25 bits per heavy atom. The molecule has 0 aromatic carbocycles. The SMILES string of the molecule is CC(O)C(N)C(=O)S. The smallest absolute Gasteiger partial charge is 0.205 e. The van der Waals surface area contributed by atoms with Crippen LogP contribution in [0.2, 0.25) is 0 Å². The Bertz CT molecular complexity index is 94.0. The van der Waals surface area contributed by atoms with Crippen LogP contribution in [0.25, 0.3) is 0 Å². The van der Waals surface area contributed by atoms with Crippen LogP contribution in [0.5, 0.6) is 0 Å². The number of rotatable bonds is 2. The zero-order valence-electron chi connectivity index (χ0n) is 4.53. The standard InChI is InChI=1S/C4H9NO2S/c1-2(6)3(5)4(7)8/h2-3,6H,5H2,1H3,(H,7,8). The first-order valence-electron chi connectivity index (χ1n) is 2.22. The monoisotopic (exact) mass is 135 g/mol. The summed E-state index contributed by atoms with van der Waals surface area (Å²) >= 11 is 3.41. The van der Waals surface area contributed by atoms with E-state index in [1.54, 1.807) is 0 Å². The van der Waals surface area contributed by atoms with Crippen molar-refractivity contribution in [1.29, 1.82) is 0 Å². The lowest BCUT2D eigenvalue weighted by Crippen LogP contribution is -2.37. The summed E-state index contributed by atoms with van der Waals surface area (Å²) in [7, 11) is 0. The van der Waals surface area contributed by atoms with E-state index in [1.807, 2.05) is 0 Å². The molecule has 0 bridgehead atoms. The molecule has 3 nitrogen and oxygen atoms in total. The molecule has 48 valence electrons. The first kappa shape index (κ1) is 7.94. The molecule has 8 heavy (non-hydrogen) atoms. The molecule has 0 aliphatic rings. The number of thiol groups is 1. The Morgan fingerprint density at radius 1 is 1.88 bits per heavy atom. The predicted molar refractivity (Wildman–Crippen MR) is 33.6 cm³/mol. The van der Waals surface area contributed by atoms with Crippen molar-refractivity contribution in [3.63, 3.8) is 0 Å². The summed E-state index contributed by atoms with van der Waals surface area (Å²) in [6.45, 7) is 1.44. The summed E-state index contributed by atoms with van der Waals surface area (Å²) in [5.74, 6) is 0. The normalized spacial score (nSPS) is 17.5. The molecule has 0 radical (unpaired) electrons. The first-order valence-corrected chi connectivity index (χ1v) is 2.67. The van der Waals surface area contributed by atoms with Gasteiger partial charge in [-0.3, -0.25) is 4.79 Å². The lowest BCUT2D eigenvalue weighted by molar-refractivity contribution is -0.113. The highest BCUT2D eigenvalue weighted by Crippen LogP contribution is 1.92. The van der Waals surface area contributed by atoms with Crippen LogP contribution >= 0.6 is 12.6 Å². The first-order chi connectivity index (χ1) is 3.55. The number of hydrogen-bond acceptors (Lipinski definition) is 3. The Hall–Kier alpha value is -0.0600. The van der Waals surface area contributed by atoms with Crippen molar-refractivity contribution < 1.29 is 9.90 Å². The molecule has 4 heteroatoms. The van der Waals surface area contributed by atoms with Gasteiger partial charge >= 0.3 is 0 Å². The molecule has 0 aliphatic carbocycles. The summed E-state index contributed by atoms with van der Waals surface area (Å²) in [5.41, 5.74) is 5.08. The van der Waals surface area contributed by atoms with Gasteiger partial charge in [-0.15, -0.1) is 12.6 Å². The van der Waals surface area contributed by atoms with E-state index in [2.05, 4.69) is 12.6 Å². The van der Waals surface area contributed by atoms with E-state index in [0.29, 0.717) is 0 Å². The van der Waals surface area contributed by atoms with Crippen LogP contribution in [0.3, 0.4) is 0 Å². The lowest BCUT2D eigenvalue weighted by atomic mass is 10.2. The Morgan fingerprint density at radius 3 is 2.25 bits per heavy atom. The van der Waals surface area contributed by atoms with Crippen molar-refractivity contribution in [2.45, 2.75) is 19.1 Å². The molecule has 0 aromatic heterocycles. The summed E-state index contributed by atoms with van der Waals surface area (Å²) in [6, 6.07) is -0.849. The molecular weight excluding hydrogens is 126 g/mol. The van der Waals surface area contributed by atoms with Gasteiger partial charge in [-0.25, -0.2) is 0 Å². The quantitative estimate of drug-likeness (QED) is 0.432. The fourth-order valence-corrected chi connectivity index (χ4v) is 0.422. The third kappa shape index (κ3) is 2.30. The van der Waals surface area contributed by atoms with Gasteiger partial charge < -0.3 is 10.8 Å². The zero-order valence-corrected chi connectivity index (χ0v) is 5.43. The minimum absolute atomic E-state index is 0.486. The van der Waals surface area contributed by atoms with E-state index in [-0.39, 0.29) is 0 Å². The number of aliphatic hydroxyl groups is 1. The fraction of sp³-hybridized carbons (Fsp3) is 0.750. The Labute approximate surface area is 53.3 Å². The Balaban J connectivity index is 3.64. The van der Waals surface area contributed by atoms with Gasteiger partial charge in [-0.2, -0.15) is 0 Å². The van der Waals surface area contributed by atoms with Crippen LogP contribution in [-0.2, 0) is 4.79 Å². The Kier molecular flexibility index (Phi) is 3.04. The van der Waals surface area contributed by atoms with Crippen molar-refractivity contribution in [3.05, 3.63) is 0 Å². The average molecular weight is 135 g/mol. The van der Waals surface area contributed by atoms with Gasteiger partial charge in [0.2, 0.25) is 5.12 Å². The van der Waals surface area contributed by atoms with Crippen molar-refractivity contribution in [1.82, 2.24) is 0 Å². The number of hydrogen-bond donors (Lipinski definition) is 3. The molecule has 0 saturated heterocycles. The van der Waals surface area contributed by atoms with Gasteiger partial charge in [0.05, 0.1) is 12.1 Å². The molecule has 0 aliphatic heterocycles. The summed E-state index contributed by atoms with van der Waals surface area (Å²) in [6.07, 6.45) is -0.806. The van der Waals surface area contributed by atoms with Crippen LogP contribution in [-0.4, -0.2) is 22.4 Å². The molecule has 2 unspecified atom stereocenters. The van der Waals surface area contributed by atoms with Crippen LogP contribution in [0.4, 0.5) is 0 Å². The van der Waals surface area contributed by atoms with Crippen LogP contribution in [0.1, 0.15) is 6.92 Å². The topological polar surface area (TPSA) is 63.3 Å². The number of carbonyl (C=O) groups is 1.